The Balaban J connectivity index is 2.06. The van der Waals surface area contributed by atoms with Crippen LogP contribution in [0.15, 0.2) is 15.5 Å². The highest BCUT2D eigenvalue weighted by Gasteiger charge is 2.29. The fourth-order valence-corrected chi connectivity index (χ4v) is 2.48. The van der Waals surface area contributed by atoms with Crippen LogP contribution in [0.5, 0.6) is 0 Å². The second-order valence-electron chi connectivity index (χ2n) is 4.81. The van der Waals surface area contributed by atoms with Crippen LogP contribution >= 0.6 is 15.9 Å². The first-order chi connectivity index (χ1) is 9.56. The van der Waals surface area contributed by atoms with Crippen molar-refractivity contribution in [1.82, 2.24) is 9.78 Å². The van der Waals surface area contributed by atoms with E-state index in [1.807, 2.05) is 0 Å². The SMILES string of the molecule is O=c1c(Br)c(NCC2(O)CCOCC2)cnn1CCO. The van der Waals surface area contributed by atoms with Gasteiger partial charge in [0.15, 0.2) is 0 Å². The van der Waals surface area contributed by atoms with Crippen molar-refractivity contribution in [3.8, 4) is 0 Å². The second-order valence-corrected chi connectivity index (χ2v) is 5.61. The molecule has 2 heterocycles. The molecule has 0 bridgehead atoms. The van der Waals surface area contributed by atoms with E-state index in [0.29, 0.717) is 42.8 Å². The standard InChI is InChI=1S/C12H18BrN3O4/c13-10-9(7-15-16(3-4-17)11(10)18)14-8-12(19)1-5-20-6-2-12/h7,14,17,19H,1-6,8H2. The number of nitrogens with zero attached hydrogens (tertiary/aromatic N) is 2. The van der Waals surface area contributed by atoms with Crippen LogP contribution in [0.2, 0.25) is 0 Å². The second kappa shape index (κ2) is 6.66. The third-order valence-corrected chi connectivity index (χ3v) is 4.09. The van der Waals surface area contributed by atoms with Gasteiger partial charge in [0, 0.05) is 32.6 Å². The smallest absolute Gasteiger partial charge is 0.283 e. The monoisotopic (exact) mass is 347 g/mol. The quantitative estimate of drug-likeness (QED) is 0.691. The number of hydrogen-bond donors (Lipinski definition) is 3. The lowest BCUT2D eigenvalue weighted by Gasteiger charge is -2.32. The summed E-state index contributed by atoms with van der Waals surface area (Å²) in [5.41, 5.74) is -0.607. The third kappa shape index (κ3) is 3.57. The van der Waals surface area contributed by atoms with Crippen LogP contribution in [0.4, 0.5) is 5.69 Å². The summed E-state index contributed by atoms with van der Waals surface area (Å²) in [6, 6.07) is 0. The number of hydrogen-bond acceptors (Lipinski definition) is 6. The van der Waals surface area contributed by atoms with Crippen molar-refractivity contribution in [1.29, 1.82) is 0 Å². The Morgan fingerprint density at radius 3 is 2.85 bits per heavy atom. The first kappa shape index (κ1) is 15.4. The molecule has 0 amide bonds. The van der Waals surface area contributed by atoms with Crippen LogP contribution in [0.1, 0.15) is 12.8 Å². The molecule has 8 heteroatoms. The van der Waals surface area contributed by atoms with Crippen molar-refractivity contribution in [2.24, 2.45) is 0 Å². The summed E-state index contributed by atoms with van der Waals surface area (Å²) >= 11 is 3.22. The van der Waals surface area contributed by atoms with Gasteiger partial charge in [-0.15, -0.1) is 0 Å². The summed E-state index contributed by atoms with van der Waals surface area (Å²) in [6.07, 6.45) is 2.63. The zero-order valence-corrected chi connectivity index (χ0v) is 12.6. The molecule has 1 aliphatic heterocycles. The molecule has 0 aliphatic carbocycles. The van der Waals surface area contributed by atoms with Crippen LogP contribution in [0, 0.1) is 0 Å². The van der Waals surface area contributed by atoms with Gasteiger partial charge in [-0.05, 0) is 15.9 Å². The topological polar surface area (TPSA) is 96.6 Å². The summed E-state index contributed by atoms with van der Waals surface area (Å²) in [5.74, 6) is 0. The maximum atomic E-state index is 11.9. The molecule has 0 atom stereocenters. The summed E-state index contributed by atoms with van der Waals surface area (Å²) < 4.78 is 6.74. The van der Waals surface area contributed by atoms with E-state index in [-0.39, 0.29) is 18.7 Å². The summed E-state index contributed by atoms with van der Waals surface area (Å²) in [7, 11) is 0. The molecular formula is C12H18BrN3O4. The van der Waals surface area contributed by atoms with Crippen molar-refractivity contribution in [3.63, 3.8) is 0 Å². The van der Waals surface area contributed by atoms with Gasteiger partial charge in [0.25, 0.3) is 5.56 Å². The predicted molar refractivity (Wildman–Crippen MR) is 76.8 cm³/mol. The minimum atomic E-state index is -0.822. The van der Waals surface area contributed by atoms with E-state index in [1.54, 1.807) is 0 Å². The van der Waals surface area contributed by atoms with Crippen molar-refractivity contribution in [2.45, 2.75) is 25.0 Å². The van der Waals surface area contributed by atoms with Crippen molar-refractivity contribution in [2.75, 3.05) is 31.7 Å². The lowest BCUT2D eigenvalue weighted by atomic mass is 9.94. The highest BCUT2D eigenvalue weighted by molar-refractivity contribution is 9.10. The van der Waals surface area contributed by atoms with E-state index in [1.165, 1.54) is 10.9 Å². The highest BCUT2D eigenvalue weighted by atomic mass is 79.9. The van der Waals surface area contributed by atoms with E-state index >= 15 is 0 Å². The molecule has 0 saturated carbocycles. The van der Waals surface area contributed by atoms with E-state index in [4.69, 9.17) is 9.84 Å². The molecule has 0 radical (unpaired) electrons. The van der Waals surface area contributed by atoms with Crippen LogP contribution in [-0.4, -0.2) is 52.0 Å². The average Bonchev–Trinajstić information content (AvgIpc) is 2.44. The number of halogens is 1. The minimum Gasteiger partial charge on any atom is -0.394 e. The lowest BCUT2D eigenvalue weighted by molar-refractivity contribution is -0.0543. The largest absolute Gasteiger partial charge is 0.394 e. The van der Waals surface area contributed by atoms with Gasteiger partial charge < -0.3 is 20.3 Å². The Morgan fingerprint density at radius 1 is 1.50 bits per heavy atom. The predicted octanol–water partition coefficient (Wildman–Crippen LogP) is -0.0485. The molecule has 0 spiro atoms. The normalized spacial score (nSPS) is 17.9. The maximum absolute atomic E-state index is 11.9. The molecule has 1 aromatic heterocycles. The number of aromatic nitrogens is 2. The molecule has 0 aromatic carbocycles. The number of anilines is 1. The van der Waals surface area contributed by atoms with Crippen molar-refractivity contribution in [3.05, 3.63) is 21.0 Å². The number of aliphatic hydroxyl groups is 2. The fraction of sp³-hybridized carbons (Fsp3) is 0.667. The van der Waals surface area contributed by atoms with E-state index in [9.17, 15) is 9.90 Å². The molecule has 1 fully saturated rings. The van der Waals surface area contributed by atoms with Crippen LogP contribution in [0.3, 0.4) is 0 Å². The molecular weight excluding hydrogens is 330 g/mol. The molecule has 1 aliphatic rings. The van der Waals surface area contributed by atoms with E-state index < -0.39 is 5.60 Å². The number of rotatable bonds is 5. The van der Waals surface area contributed by atoms with Gasteiger partial charge in [-0.1, -0.05) is 0 Å². The molecule has 112 valence electrons. The van der Waals surface area contributed by atoms with Crippen LogP contribution in [0.25, 0.3) is 0 Å². The highest BCUT2D eigenvalue weighted by Crippen LogP contribution is 2.23. The van der Waals surface area contributed by atoms with E-state index in [0.717, 1.165) is 0 Å². The van der Waals surface area contributed by atoms with Gasteiger partial charge in [0.1, 0.15) is 4.47 Å². The Hall–Kier alpha value is -0.960. The van der Waals surface area contributed by atoms with Crippen LogP contribution < -0.4 is 10.9 Å². The van der Waals surface area contributed by atoms with Gasteiger partial charge in [0.05, 0.1) is 30.6 Å². The van der Waals surface area contributed by atoms with Gasteiger partial charge in [-0.25, -0.2) is 4.68 Å². The first-order valence-electron chi connectivity index (χ1n) is 6.46. The maximum Gasteiger partial charge on any atom is 0.283 e. The Kier molecular flexibility index (Phi) is 5.14. The van der Waals surface area contributed by atoms with Gasteiger partial charge >= 0.3 is 0 Å². The van der Waals surface area contributed by atoms with Gasteiger partial charge in [-0.2, -0.15) is 5.10 Å². The molecule has 20 heavy (non-hydrogen) atoms. The third-order valence-electron chi connectivity index (χ3n) is 3.33. The molecule has 0 unspecified atom stereocenters. The number of ether oxygens (including phenoxy) is 1. The number of nitrogens with one attached hydrogen (secondary N) is 1. The average molecular weight is 348 g/mol. The molecule has 7 nitrogen and oxygen atoms in total. The molecule has 3 N–H and O–H groups in total. The Bertz CT molecular complexity index is 514. The van der Waals surface area contributed by atoms with Crippen LogP contribution in [-0.2, 0) is 11.3 Å². The van der Waals surface area contributed by atoms with Gasteiger partial charge in [0.2, 0.25) is 0 Å². The van der Waals surface area contributed by atoms with Gasteiger partial charge in [-0.3, -0.25) is 4.79 Å². The minimum absolute atomic E-state index is 0.147. The fourth-order valence-electron chi connectivity index (χ4n) is 2.03. The Morgan fingerprint density at radius 2 is 2.20 bits per heavy atom. The number of aliphatic hydroxyl groups excluding tert-OH is 1. The molecule has 1 aromatic rings. The molecule has 1 saturated heterocycles. The molecule has 2 rings (SSSR count). The summed E-state index contributed by atoms with van der Waals surface area (Å²) in [4.78, 5) is 11.9. The van der Waals surface area contributed by atoms with Crippen molar-refractivity contribution >= 4 is 21.6 Å². The summed E-state index contributed by atoms with van der Waals surface area (Å²) in [5, 5.41) is 26.2. The Labute approximate surface area is 124 Å². The summed E-state index contributed by atoms with van der Waals surface area (Å²) in [6.45, 7) is 1.41. The lowest BCUT2D eigenvalue weighted by Crippen LogP contribution is -2.42. The zero-order chi connectivity index (χ0) is 14.6. The van der Waals surface area contributed by atoms with E-state index in [2.05, 4.69) is 26.3 Å². The zero-order valence-electron chi connectivity index (χ0n) is 11.0. The first-order valence-corrected chi connectivity index (χ1v) is 7.25. The van der Waals surface area contributed by atoms with Crippen molar-refractivity contribution < 1.29 is 14.9 Å².